The van der Waals surface area contributed by atoms with Crippen molar-refractivity contribution in [2.24, 2.45) is 0 Å². The molecule has 1 saturated heterocycles. The number of hydrogen-bond acceptors (Lipinski definition) is 2. The molecule has 300 valence electrons. The minimum atomic E-state index is -0.396. The first-order chi connectivity index (χ1) is 24.7. The highest BCUT2D eigenvalue weighted by Crippen LogP contribution is 2.40. The van der Waals surface area contributed by atoms with Gasteiger partial charge < -0.3 is 9.31 Å². The molecule has 0 saturated carbocycles. The first-order valence-corrected chi connectivity index (χ1v) is 20.5. The summed E-state index contributed by atoms with van der Waals surface area (Å²) < 4.78 is 14.3. The Bertz CT molecular complexity index is 2370. The molecule has 0 radical (unpaired) electrons. The van der Waals surface area contributed by atoms with E-state index in [-0.39, 0.29) is 47.7 Å². The topological polar surface area (TPSA) is 18.5 Å². The molecule has 4 heteroatoms. The Labute approximate surface area is 349 Å². The Morgan fingerprint density at radius 3 is 1.18 bits per heavy atom. The zero-order valence-corrected chi connectivity index (χ0v) is 37.4. The first-order valence-electron chi connectivity index (χ1n) is 19.7. The molecule has 0 aromatic heterocycles. The lowest BCUT2D eigenvalue weighted by molar-refractivity contribution is 0.00578. The molecular formula is C52H70BBrO2. The highest BCUT2D eigenvalue weighted by atomic mass is 79.9. The number of halogens is 1. The van der Waals surface area contributed by atoms with Gasteiger partial charge in [-0.3, -0.25) is 0 Å². The van der Waals surface area contributed by atoms with Crippen LogP contribution in [0.2, 0.25) is 0 Å². The highest BCUT2D eigenvalue weighted by Gasteiger charge is 2.52. The van der Waals surface area contributed by atoms with E-state index in [2.05, 4.69) is 212 Å². The highest BCUT2D eigenvalue weighted by molar-refractivity contribution is 9.10. The van der Waals surface area contributed by atoms with Crippen LogP contribution < -0.4 is 5.46 Å². The minimum absolute atomic E-state index is 0. The molecule has 56 heavy (non-hydrogen) atoms. The van der Waals surface area contributed by atoms with Gasteiger partial charge in [0.1, 0.15) is 0 Å². The van der Waals surface area contributed by atoms with Crippen LogP contribution in [0.25, 0.3) is 43.1 Å². The van der Waals surface area contributed by atoms with Crippen molar-refractivity contribution in [3.8, 4) is 0 Å². The maximum absolute atomic E-state index is 6.57. The van der Waals surface area contributed by atoms with Gasteiger partial charge >= 0.3 is 7.12 Å². The summed E-state index contributed by atoms with van der Waals surface area (Å²) in [4.78, 5) is 0. The molecule has 1 aliphatic rings. The van der Waals surface area contributed by atoms with E-state index in [1.165, 1.54) is 69.8 Å². The zero-order valence-electron chi connectivity index (χ0n) is 35.9. The third-order valence-electron chi connectivity index (χ3n) is 11.8. The molecule has 2 nitrogen and oxygen atoms in total. The Hall–Kier alpha value is -3.18. The van der Waals surface area contributed by atoms with Crippen LogP contribution in [-0.2, 0) is 31.0 Å². The molecule has 1 fully saturated rings. The molecule has 0 atom stereocenters. The molecule has 0 aliphatic carbocycles. The summed E-state index contributed by atoms with van der Waals surface area (Å²) in [7, 11) is -0.396. The molecule has 6 aromatic rings. The fourth-order valence-electron chi connectivity index (χ4n) is 7.30. The van der Waals surface area contributed by atoms with Crippen molar-refractivity contribution < 1.29 is 9.31 Å². The Balaban J connectivity index is 0.000000250. The van der Waals surface area contributed by atoms with Gasteiger partial charge in [-0.05, 0) is 154 Å². The Kier molecular flexibility index (Phi) is 12.4. The van der Waals surface area contributed by atoms with Crippen molar-refractivity contribution in [1.29, 1.82) is 0 Å². The summed E-state index contributed by atoms with van der Waals surface area (Å²) in [6.45, 7) is 35.7. The van der Waals surface area contributed by atoms with E-state index in [4.69, 9.17) is 9.31 Å². The van der Waals surface area contributed by atoms with E-state index < -0.39 is 7.12 Å². The molecule has 0 amide bonds. The molecule has 0 bridgehead atoms. The second-order valence-corrected chi connectivity index (χ2v) is 21.6. The lowest BCUT2D eigenvalue weighted by atomic mass is 9.71. The molecular weight excluding hydrogens is 747 g/mol. The van der Waals surface area contributed by atoms with Crippen LogP contribution in [0, 0.1) is 0 Å². The largest absolute Gasteiger partial charge is 0.496 e. The van der Waals surface area contributed by atoms with E-state index in [9.17, 15) is 0 Å². The SMILES string of the molecule is C.C.CC(C)(C)c1ccc2c(B3OC(C)(C)C(C)(C)O3)c3cc(C(C)(C)C)ccc3cc2c1.CC(C)(C)c1ccc2c(Br)c3cc(C(C)(C)C)ccc3cc2c1. The summed E-state index contributed by atoms with van der Waals surface area (Å²) in [6, 6.07) is 32.0. The minimum Gasteiger partial charge on any atom is -0.399 e. The van der Waals surface area contributed by atoms with Crippen molar-refractivity contribution in [3.05, 3.63) is 112 Å². The zero-order chi connectivity index (χ0) is 40.0. The fraction of sp³-hybridized carbons (Fsp3) is 0.462. The number of fused-ring (bicyclic) bond motifs is 4. The van der Waals surface area contributed by atoms with Crippen molar-refractivity contribution in [2.45, 2.75) is 158 Å². The van der Waals surface area contributed by atoms with Crippen LogP contribution in [0.3, 0.4) is 0 Å². The molecule has 0 spiro atoms. The van der Waals surface area contributed by atoms with Gasteiger partial charge in [0.15, 0.2) is 0 Å². The summed E-state index contributed by atoms with van der Waals surface area (Å²) in [6.07, 6.45) is 0. The standard InChI is InChI=1S/C28H37BO2.C22H25Br.2CH4/c1-25(2,3)20-13-14-22-19(16-20)15-18-11-12-21(26(4,5)6)17-23(18)24(22)29-30-27(7,8)28(9,10)31-29;1-21(2,3)16-9-10-18-15(12-16)11-14-7-8-17(22(4,5)6)13-19(14)20(18)23;;/h11-17H,1-10H3;7-13H,1-6H3;2*1H4. The van der Waals surface area contributed by atoms with E-state index in [1.807, 2.05) is 0 Å². The van der Waals surface area contributed by atoms with Crippen molar-refractivity contribution >= 4 is 71.6 Å². The summed E-state index contributed by atoms with van der Waals surface area (Å²) >= 11 is 3.86. The van der Waals surface area contributed by atoms with E-state index in [0.717, 1.165) is 5.46 Å². The summed E-state index contributed by atoms with van der Waals surface area (Å²) in [5, 5.41) is 10.1. The second-order valence-electron chi connectivity index (χ2n) is 20.8. The fourth-order valence-corrected chi connectivity index (χ4v) is 8.01. The smallest absolute Gasteiger partial charge is 0.399 e. The van der Waals surface area contributed by atoms with Gasteiger partial charge in [-0.25, -0.2) is 0 Å². The maximum Gasteiger partial charge on any atom is 0.496 e. The maximum atomic E-state index is 6.57. The average molecular weight is 818 g/mol. The van der Waals surface area contributed by atoms with Gasteiger partial charge in [-0.15, -0.1) is 0 Å². The first kappa shape index (κ1) is 45.5. The van der Waals surface area contributed by atoms with Gasteiger partial charge in [-0.1, -0.05) is 165 Å². The lowest BCUT2D eigenvalue weighted by Gasteiger charge is -2.32. The Morgan fingerprint density at radius 1 is 0.411 bits per heavy atom. The van der Waals surface area contributed by atoms with Gasteiger partial charge in [0.05, 0.1) is 11.2 Å². The third-order valence-corrected chi connectivity index (χ3v) is 12.7. The van der Waals surface area contributed by atoms with Crippen molar-refractivity contribution in [2.75, 3.05) is 0 Å². The summed E-state index contributed by atoms with van der Waals surface area (Å²) in [5.41, 5.74) is 6.32. The quantitative estimate of drug-likeness (QED) is 0.122. The Morgan fingerprint density at radius 2 is 0.750 bits per heavy atom. The van der Waals surface area contributed by atoms with Crippen LogP contribution in [-0.4, -0.2) is 18.3 Å². The molecule has 1 heterocycles. The van der Waals surface area contributed by atoms with Gasteiger partial charge in [0, 0.05) is 4.47 Å². The summed E-state index contributed by atoms with van der Waals surface area (Å²) in [5.74, 6) is 0. The van der Waals surface area contributed by atoms with Gasteiger partial charge in [0.25, 0.3) is 0 Å². The number of benzene rings is 6. The normalized spacial score (nSPS) is 15.8. The molecule has 1 aliphatic heterocycles. The monoisotopic (exact) mass is 816 g/mol. The molecule has 7 rings (SSSR count). The molecule has 0 unspecified atom stereocenters. The van der Waals surface area contributed by atoms with E-state index in [1.54, 1.807) is 0 Å². The van der Waals surface area contributed by atoms with Gasteiger partial charge in [-0.2, -0.15) is 0 Å². The lowest BCUT2D eigenvalue weighted by Crippen LogP contribution is -2.41. The van der Waals surface area contributed by atoms with E-state index in [0.29, 0.717) is 0 Å². The van der Waals surface area contributed by atoms with Crippen LogP contribution >= 0.6 is 15.9 Å². The predicted octanol–water partition coefficient (Wildman–Crippen LogP) is 15.5. The third kappa shape index (κ3) is 8.79. The predicted molar refractivity (Wildman–Crippen MR) is 255 cm³/mol. The molecule has 0 N–H and O–H groups in total. The van der Waals surface area contributed by atoms with Crippen LogP contribution in [0.1, 0.15) is 148 Å². The van der Waals surface area contributed by atoms with Crippen LogP contribution in [0.5, 0.6) is 0 Å². The second kappa shape index (κ2) is 15.2. The van der Waals surface area contributed by atoms with Crippen molar-refractivity contribution in [3.63, 3.8) is 0 Å². The molecule has 6 aromatic carbocycles. The number of hydrogen-bond donors (Lipinski definition) is 0. The van der Waals surface area contributed by atoms with Crippen LogP contribution in [0.15, 0.2) is 89.4 Å². The van der Waals surface area contributed by atoms with Crippen LogP contribution in [0.4, 0.5) is 0 Å². The van der Waals surface area contributed by atoms with Gasteiger partial charge in [0.2, 0.25) is 0 Å². The van der Waals surface area contributed by atoms with Crippen molar-refractivity contribution in [1.82, 2.24) is 0 Å². The average Bonchev–Trinajstić information content (AvgIpc) is 3.26. The van der Waals surface area contributed by atoms with E-state index >= 15 is 0 Å². The number of rotatable bonds is 1.